The van der Waals surface area contributed by atoms with E-state index in [1.807, 2.05) is 32.0 Å². The number of tetrazole rings is 1. The van der Waals surface area contributed by atoms with Gasteiger partial charge in [0.05, 0.1) is 11.4 Å². The Morgan fingerprint density at radius 3 is 2.61 bits per heavy atom. The molecule has 3 amide bonds. The Bertz CT molecular complexity index is 1010. The number of amides is 3. The maximum absolute atomic E-state index is 12.1. The van der Waals surface area contributed by atoms with E-state index in [9.17, 15) is 9.59 Å². The average Bonchev–Trinajstić information content (AvgIpc) is 3.10. The third-order valence-corrected chi connectivity index (χ3v) is 5.16. The fraction of sp³-hybridized carbons (Fsp3) is 0.167. The smallest absolute Gasteiger partial charge is 0.308 e. The van der Waals surface area contributed by atoms with Crippen molar-refractivity contribution >= 4 is 45.3 Å². The maximum Gasteiger partial charge on any atom is 0.325 e. The summed E-state index contributed by atoms with van der Waals surface area (Å²) in [7, 11) is 0. The number of carbonyl (C=O) groups is 2. The van der Waals surface area contributed by atoms with Gasteiger partial charge in [0.25, 0.3) is 0 Å². The van der Waals surface area contributed by atoms with Crippen molar-refractivity contribution in [1.29, 1.82) is 0 Å². The Balaban J connectivity index is 1.57. The van der Waals surface area contributed by atoms with E-state index in [4.69, 9.17) is 0 Å². The first-order valence-corrected chi connectivity index (χ1v) is 10.1. The monoisotopic (exact) mass is 460 g/mol. The molecular formula is C18H17BrN6O2S. The largest absolute Gasteiger partial charge is 0.325 e. The van der Waals surface area contributed by atoms with Crippen LogP contribution < -0.4 is 10.6 Å². The molecule has 3 aromatic rings. The van der Waals surface area contributed by atoms with Crippen molar-refractivity contribution in [3.8, 4) is 5.69 Å². The summed E-state index contributed by atoms with van der Waals surface area (Å²) in [5.41, 5.74) is 3.58. The van der Waals surface area contributed by atoms with Gasteiger partial charge in [0.15, 0.2) is 0 Å². The van der Waals surface area contributed by atoms with Gasteiger partial charge in [-0.05, 0) is 60.2 Å². The molecule has 0 atom stereocenters. The molecule has 8 nitrogen and oxygen atoms in total. The molecule has 1 aromatic heterocycles. The molecule has 0 spiro atoms. The van der Waals surface area contributed by atoms with E-state index >= 15 is 0 Å². The van der Waals surface area contributed by atoms with Crippen LogP contribution in [-0.2, 0) is 4.79 Å². The van der Waals surface area contributed by atoms with Crippen molar-refractivity contribution in [3.63, 3.8) is 0 Å². The number of nitrogens with zero attached hydrogens (tertiary/aromatic N) is 4. The normalized spacial score (nSPS) is 10.5. The van der Waals surface area contributed by atoms with Crippen LogP contribution in [0.1, 0.15) is 11.1 Å². The second-order valence-electron chi connectivity index (χ2n) is 5.96. The molecule has 2 N–H and O–H groups in total. The van der Waals surface area contributed by atoms with Crippen molar-refractivity contribution in [3.05, 3.63) is 58.1 Å². The van der Waals surface area contributed by atoms with Gasteiger partial charge in [0, 0.05) is 10.2 Å². The van der Waals surface area contributed by atoms with Gasteiger partial charge in [-0.25, -0.2) is 4.79 Å². The highest BCUT2D eigenvalue weighted by atomic mass is 79.9. The molecule has 10 heteroatoms. The molecular weight excluding hydrogens is 444 g/mol. The van der Waals surface area contributed by atoms with E-state index in [0.29, 0.717) is 10.8 Å². The fourth-order valence-electron chi connectivity index (χ4n) is 2.45. The van der Waals surface area contributed by atoms with Gasteiger partial charge in [-0.3, -0.25) is 10.1 Å². The highest BCUT2D eigenvalue weighted by Gasteiger charge is 2.14. The second kappa shape index (κ2) is 8.98. The zero-order chi connectivity index (χ0) is 20.1. The molecule has 0 saturated heterocycles. The van der Waals surface area contributed by atoms with Crippen molar-refractivity contribution in [2.24, 2.45) is 0 Å². The van der Waals surface area contributed by atoms with Crippen LogP contribution in [0.25, 0.3) is 5.69 Å². The molecule has 3 rings (SSSR count). The highest BCUT2D eigenvalue weighted by Crippen LogP contribution is 2.21. The van der Waals surface area contributed by atoms with Crippen LogP contribution in [0.5, 0.6) is 0 Å². The van der Waals surface area contributed by atoms with Crippen LogP contribution in [-0.4, -0.2) is 37.9 Å². The topological polar surface area (TPSA) is 102 Å². The minimum Gasteiger partial charge on any atom is -0.308 e. The van der Waals surface area contributed by atoms with Crippen LogP contribution in [0.4, 0.5) is 10.5 Å². The van der Waals surface area contributed by atoms with Crippen molar-refractivity contribution in [2.45, 2.75) is 19.0 Å². The third-order valence-electron chi connectivity index (χ3n) is 3.71. The molecule has 0 unspecified atom stereocenters. The van der Waals surface area contributed by atoms with Gasteiger partial charge in [0.1, 0.15) is 0 Å². The van der Waals surface area contributed by atoms with Gasteiger partial charge in [-0.1, -0.05) is 45.4 Å². The minimum atomic E-state index is -0.595. The first-order valence-electron chi connectivity index (χ1n) is 8.27. The number of hydrogen-bond donors (Lipinski definition) is 2. The fourth-order valence-corrected chi connectivity index (χ4v) is 3.40. The average molecular weight is 461 g/mol. The number of hydrogen-bond acceptors (Lipinski definition) is 6. The number of anilines is 1. The Labute approximate surface area is 174 Å². The summed E-state index contributed by atoms with van der Waals surface area (Å²) in [4.78, 5) is 24.0. The highest BCUT2D eigenvalue weighted by molar-refractivity contribution is 9.10. The number of carbonyl (C=O) groups excluding carboxylic acids is 2. The summed E-state index contributed by atoms with van der Waals surface area (Å²) in [6.45, 7) is 3.98. The predicted molar refractivity (Wildman–Crippen MR) is 111 cm³/mol. The molecule has 0 aliphatic heterocycles. The lowest BCUT2D eigenvalue weighted by molar-refractivity contribution is -0.117. The number of nitrogens with one attached hydrogen (secondary N) is 2. The number of thioether (sulfide) groups is 1. The second-order valence-corrected chi connectivity index (χ2v) is 7.82. The zero-order valence-electron chi connectivity index (χ0n) is 15.1. The standard InChI is InChI=1S/C18H17BrN6O2S/c1-11-3-8-15(12(2)9-11)25-18(22-23-24-25)28-10-16(26)21-17(27)20-14-6-4-13(19)5-7-14/h3-9H,10H2,1-2H3,(H2,20,21,26,27). The summed E-state index contributed by atoms with van der Waals surface area (Å²) in [6.07, 6.45) is 0. The van der Waals surface area contributed by atoms with E-state index < -0.39 is 11.9 Å². The van der Waals surface area contributed by atoms with E-state index in [1.54, 1.807) is 28.9 Å². The van der Waals surface area contributed by atoms with Gasteiger partial charge in [-0.15, -0.1) is 5.10 Å². The molecule has 0 bridgehead atoms. The molecule has 0 saturated carbocycles. The number of rotatable bonds is 5. The van der Waals surface area contributed by atoms with Gasteiger partial charge in [0.2, 0.25) is 11.1 Å². The van der Waals surface area contributed by atoms with E-state index in [2.05, 4.69) is 42.1 Å². The first-order chi connectivity index (χ1) is 13.4. The summed E-state index contributed by atoms with van der Waals surface area (Å²) >= 11 is 4.47. The summed E-state index contributed by atoms with van der Waals surface area (Å²) in [5.74, 6) is -0.450. The molecule has 28 heavy (non-hydrogen) atoms. The number of halogens is 1. The quantitative estimate of drug-likeness (QED) is 0.565. The van der Waals surface area contributed by atoms with Crippen molar-refractivity contribution in [2.75, 3.05) is 11.1 Å². The molecule has 0 aliphatic carbocycles. The summed E-state index contributed by atoms with van der Waals surface area (Å²) in [6, 6.07) is 12.4. The van der Waals surface area contributed by atoms with Crippen LogP contribution in [0.2, 0.25) is 0 Å². The SMILES string of the molecule is Cc1ccc(-n2nnnc2SCC(=O)NC(=O)Nc2ccc(Br)cc2)c(C)c1. The molecule has 1 heterocycles. The first kappa shape index (κ1) is 20.0. The number of urea groups is 1. The molecule has 144 valence electrons. The van der Waals surface area contributed by atoms with Crippen LogP contribution in [0, 0.1) is 13.8 Å². The number of aromatic nitrogens is 4. The number of aryl methyl sites for hydroxylation is 2. The Hall–Kier alpha value is -2.72. The van der Waals surface area contributed by atoms with Crippen LogP contribution >= 0.6 is 27.7 Å². The van der Waals surface area contributed by atoms with E-state index in [-0.39, 0.29) is 5.75 Å². The molecule has 0 fully saturated rings. The lowest BCUT2D eigenvalue weighted by Gasteiger charge is -2.09. The third kappa shape index (κ3) is 5.17. The van der Waals surface area contributed by atoms with Gasteiger partial charge < -0.3 is 5.32 Å². The van der Waals surface area contributed by atoms with E-state index in [1.165, 1.54) is 0 Å². The number of benzene rings is 2. The summed E-state index contributed by atoms with van der Waals surface area (Å²) < 4.78 is 2.47. The lowest BCUT2D eigenvalue weighted by Crippen LogP contribution is -2.35. The van der Waals surface area contributed by atoms with Crippen LogP contribution in [0.15, 0.2) is 52.1 Å². The van der Waals surface area contributed by atoms with Crippen LogP contribution in [0.3, 0.4) is 0 Å². The van der Waals surface area contributed by atoms with Gasteiger partial charge in [-0.2, -0.15) is 4.68 Å². The van der Waals surface area contributed by atoms with Crippen molar-refractivity contribution < 1.29 is 9.59 Å². The van der Waals surface area contributed by atoms with E-state index in [0.717, 1.165) is 33.0 Å². The molecule has 2 aromatic carbocycles. The van der Waals surface area contributed by atoms with Gasteiger partial charge >= 0.3 is 6.03 Å². The summed E-state index contributed by atoms with van der Waals surface area (Å²) in [5, 5.41) is 17.0. The predicted octanol–water partition coefficient (Wildman–Crippen LogP) is 3.48. The number of imide groups is 1. The van der Waals surface area contributed by atoms with Crippen molar-refractivity contribution in [1.82, 2.24) is 25.5 Å². The lowest BCUT2D eigenvalue weighted by atomic mass is 10.1. The maximum atomic E-state index is 12.1. The molecule has 0 radical (unpaired) electrons. The molecule has 0 aliphatic rings. The Kier molecular flexibility index (Phi) is 6.42. The zero-order valence-corrected chi connectivity index (χ0v) is 17.5. The Morgan fingerprint density at radius 2 is 1.89 bits per heavy atom. The Morgan fingerprint density at radius 1 is 1.14 bits per heavy atom. The minimum absolute atomic E-state index is 0.000952.